The van der Waals surface area contributed by atoms with Crippen LogP contribution in [0.5, 0.6) is 0 Å². The number of rotatable bonds is 13. The zero-order valence-corrected chi connectivity index (χ0v) is 33.6. The first-order valence-electron chi connectivity index (χ1n) is 16.7. The second kappa shape index (κ2) is 14.3. The summed E-state index contributed by atoms with van der Waals surface area (Å²) in [6.07, 6.45) is -0.185. The van der Waals surface area contributed by atoms with Crippen molar-refractivity contribution in [2.24, 2.45) is 5.73 Å². The van der Waals surface area contributed by atoms with E-state index in [9.17, 15) is 22.8 Å². The third-order valence-electron chi connectivity index (χ3n) is 10.3. The Morgan fingerprint density at radius 1 is 1.02 bits per heavy atom. The lowest BCUT2D eigenvalue weighted by atomic mass is 9.89. The topological polar surface area (TPSA) is 167 Å². The average Bonchev–Trinajstić information content (AvgIpc) is 3.36. The monoisotopic (exact) mass is 731 g/mol. The van der Waals surface area contributed by atoms with E-state index in [1.165, 1.54) is 10.8 Å². The van der Waals surface area contributed by atoms with Crippen molar-refractivity contribution >= 4 is 32.7 Å². The van der Waals surface area contributed by atoms with E-state index in [2.05, 4.69) is 33.9 Å². The van der Waals surface area contributed by atoms with Gasteiger partial charge < -0.3 is 24.1 Å². The first-order valence-corrected chi connectivity index (χ1v) is 24.0. The number of aryl methyl sites for hydroxylation is 1. The fraction of sp³-hybridized carbons (Fsp3) is 0.781. The molecule has 0 saturated carbocycles. The average molecular weight is 732 g/mol. The van der Waals surface area contributed by atoms with Crippen LogP contribution in [0.2, 0.25) is 36.3 Å². The molecule has 48 heavy (non-hydrogen) atoms. The van der Waals surface area contributed by atoms with Crippen molar-refractivity contribution in [1.82, 2.24) is 9.13 Å². The summed E-state index contributed by atoms with van der Waals surface area (Å²) >= 11 is 0. The number of ether oxygens (including phenoxy) is 2. The van der Waals surface area contributed by atoms with E-state index in [0.717, 1.165) is 9.98 Å². The minimum Gasteiger partial charge on any atom is -0.466 e. The van der Waals surface area contributed by atoms with E-state index >= 15 is 0 Å². The first kappa shape index (κ1) is 40.3. The number of aromatic nitrogens is 2. The number of nitrogens with two attached hydrogens (primary N) is 1. The van der Waals surface area contributed by atoms with Gasteiger partial charge in [-0.05, 0) is 63.0 Å². The van der Waals surface area contributed by atoms with Crippen LogP contribution in [-0.2, 0) is 44.0 Å². The quantitative estimate of drug-likeness (QED) is 0.130. The number of carbonyl (C=O) groups is 1. The summed E-state index contributed by atoms with van der Waals surface area (Å²) in [4.78, 5) is 39.2. The maximum absolute atomic E-state index is 14.2. The van der Waals surface area contributed by atoms with Gasteiger partial charge in [0, 0.05) is 24.7 Å². The molecule has 0 amide bonds. The predicted molar refractivity (Wildman–Crippen MR) is 189 cm³/mol. The third-order valence-corrected chi connectivity index (χ3v) is 20.3. The molecule has 0 radical (unpaired) electrons. The fourth-order valence-electron chi connectivity index (χ4n) is 5.30. The normalized spacial score (nSPS) is 24.7. The van der Waals surface area contributed by atoms with Crippen LogP contribution < -0.4 is 17.0 Å². The summed E-state index contributed by atoms with van der Waals surface area (Å²) in [5.41, 5.74) is 3.83. The first-order chi connectivity index (χ1) is 21.8. The number of nitrogens with zero attached hydrogens (tertiary/aromatic N) is 2. The Labute approximate surface area is 287 Å². The predicted octanol–water partition coefficient (Wildman–Crippen LogP) is 4.65. The summed E-state index contributed by atoms with van der Waals surface area (Å²) < 4.78 is 59.6. The van der Waals surface area contributed by atoms with Gasteiger partial charge in [-0.2, -0.15) is 8.42 Å². The lowest BCUT2D eigenvalue weighted by Gasteiger charge is -2.43. The molecule has 13 nitrogen and oxygen atoms in total. The van der Waals surface area contributed by atoms with Crippen LogP contribution in [0.1, 0.15) is 85.9 Å². The molecule has 1 aromatic rings. The molecule has 2 N–H and O–H groups in total. The molecule has 1 aromatic heterocycles. The smallest absolute Gasteiger partial charge is 0.333 e. The number of unbranched alkanes of at least 4 members (excludes halogenated alkanes) is 2. The molecule has 0 aromatic carbocycles. The van der Waals surface area contributed by atoms with Gasteiger partial charge in [0.25, 0.3) is 15.7 Å². The van der Waals surface area contributed by atoms with E-state index in [1.54, 1.807) is 13.8 Å². The van der Waals surface area contributed by atoms with Crippen LogP contribution in [0, 0.1) is 6.92 Å². The standard InChI is InChI=1S/C32H57N3O10SSi2/c1-13-41-25(36)17-15-14-16-18-34-27(37)22(2)19-35(29(34)38)28-26(44-48(11,12)31(6,7)8)32(23(33)21-46(39,40)45-32)24(43-28)20-42-47(9,10)30(3,4)5/h19,21,24,26,28H,13-18,20,33H2,1-12H3/t24?,26-,28+,32?/m0/s1. The number of carbonyl (C=O) groups excluding carboxylic acids is 1. The zero-order chi connectivity index (χ0) is 36.7. The molecular formula is C32H57N3O10SSi2. The molecule has 0 aliphatic carbocycles. The van der Waals surface area contributed by atoms with Gasteiger partial charge in [-0.3, -0.25) is 18.7 Å². The van der Waals surface area contributed by atoms with Crippen molar-refractivity contribution in [3.05, 3.63) is 43.7 Å². The van der Waals surface area contributed by atoms with Gasteiger partial charge >= 0.3 is 11.7 Å². The number of hydrogen-bond donors (Lipinski definition) is 1. The highest BCUT2D eigenvalue weighted by molar-refractivity contribution is 7.90. The summed E-state index contributed by atoms with van der Waals surface area (Å²) in [5.74, 6) is -0.288. The van der Waals surface area contributed by atoms with Crippen LogP contribution in [0.3, 0.4) is 0 Å². The van der Waals surface area contributed by atoms with Crippen LogP contribution in [0.4, 0.5) is 0 Å². The minimum absolute atomic E-state index is 0.0672. The summed E-state index contributed by atoms with van der Waals surface area (Å²) in [7, 11) is -9.36. The Kier molecular flexibility index (Phi) is 12.0. The van der Waals surface area contributed by atoms with E-state index in [4.69, 9.17) is 28.2 Å². The van der Waals surface area contributed by atoms with Crippen molar-refractivity contribution in [3.8, 4) is 0 Å². The molecule has 2 aliphatic heterocycles. The van der Waals surface area contributed by atoms with Gasteiger partial charge in [0.1, 0.15) is 12.2 Å². The Morgan fingerprint density at radius 2 is 1.62 bits per heavy atom. The number of esters is 1. The Bertz CT molecular complexity index is 1600. The molecule has 4 atom stereocenters. The summed E-state index contributed by atoms with van der Waals surface area (Å²) in [6.45, 7) is 24.2. The van der Waals surface area contributed by atoms with Gasteiger partial charge in [-0.25, -0.2) is 8.98 Å². The third kappa shape index (κ3) is 8.27. The van der Waals surface area contributed by atoms with Gasteiger partial charge in [-0.15, -0.1) is 0 Å². The highest BCUT2D eigenvalue weighted by Crippen LogP contribution is 2.52. The molecule has 3 heterocycles. The molecule has 16 heteroatoms. The second-order valence-electron chi connectivity index (χ2n) is 15.9. The molecule has 3 rings (SSSR count). The molecule has 1 fully saturated rings. The van der Waals surface area contributed by atoms with Crippen molar-refractivity contribution in [1.29, 1.82) is 0 Å². The van der Waals surface area contributed by atoms with Gasteiger partial charge in [0.15, 0.2) is 28.5 Å². The number of hydrogen-bond acceptors (Lipinski definition) is 11. The van der Waals surface area contributed by atoms with Gasteiger partial charge in [0.2, 0.25) is 0 Å². The lowest BCUT2D eigenvalue weighted by molar-refractivity contribution is -0.143. The maximum atomic E-state index is 14.2. The van der Waals surface area contributed by atoms with Crippen molar-refractivity contribution in [2.45, 2.75) is 148 Å². The Morgan fingerprint density at radius 3 is 2.15 bits per heavy atom. The molecule has 1 saturated heterocycles. The van der Waals surface area contributed by atoms with Gasteiger partial charge in [-0.1, -0.05) is 48.0 Å². The van der Waals surface area contributed by atoms with Crippen LogP contribution in [-0.4, -0.2) is 71.2 Å². The molecular weight excluding hydrogens is 675 g/mol. The van der Waals surface area contributed by atoms with Crippen LogP contribution in [0.15, 0.2) is 26.9 Å². The van der Waals surface area contributed by atoms with Crippen LogP contribution >= 0.6 is 0 Å². The van der Waals surface area contributed by atoms with E-state index in [1.807, 2.05) is 33.9 Å². The van der Waals surface area contributed by atoms with E-state index in [0.29, 0.717) is 25.9 Å². The molecule has 2 aliphatic rings. The minimum atomic E-state index is -4.24. The fourth-order valence-corrected chi connectivity index (χ4v) is 8.81. The Balaban J connectivity index is 2.15. The Hall–Kier alpha value is -2.09. The highest BCUT2D eigenvalue weighted by atomic mass is 32.2. The zero-order valence-electron chi connectivity index (χ0n) is 30.8. The SMILES string of the molecule is CCOC(=O)CCCCCn1c(=O)c(C)cn([C@@H]2OC(CO[Si](C)(C)C(C)(C)C)C3(OS(=O)(=O)C=C3N)[C@H]2O[Si](C)(C)C(C)(C)C)c1=O. The highest BCUT2D eigenvalue weighted by Gasteiger charge is 2.67. The molecule has 274 valence electrons. The summed E-state index contributed by atoms with van der Waals surface area (Å²) in [5, 5.41) is 0.387. The van der Waals surface area contributed by atoms with Gasteiger partial charge in [0.05, 0.1) is 24.3 Å². The van der Waals surface area contributed by atoms with E-state index in [-0.39, 0.29) is 46.9 Å². The lowest BCUT2D eigenvalue weighted by Crippen LogP contribution is -2.59. The van der Waals surface area contributed by atoms with E-state index < -0.39 is 62.0 Å². The molecule has 2 unspecified atom stereocenters. The summed E-state index contributed by atoms with van der Waals surface area (Å²) in [6, 6.07) is 0. The molecule has 0 bridgehead atoms. The van der Waals surface area contributed by atoms with Crippen molar-refractivity contribution in [2.75, 3.05) is 13.2 Å². The molecule has 1 spiro atoms. The van der Waals surface area contributed by atoms with Crippen LogP contribution in [0.25, 0.3) is 0 Å². The maximum Gasteiger partial charge on any atom is 0.333 e. The second-order valence-corrected chi connectivity index (χ2v) is 26.9. The van der Waals surface area contributed by atoms with Crippen molar-refractivity contribution < 1.29 is 35.7 Å². The van der Waals surface area contributed by atoms with Crippen molar-refractivity contribution in [3.63, 3.8) is 0 Å². The largest absolute Gasteiger partial charge is 0.466 e.